The topological polar surface area (TPSA) is 87.7 Å². The monoisotopic (exact) mass is 348 g/mol. The molecule has 0 aromatic carbocycles. The van der Waals surface area contributed by atoms with Gasteiger partial charge in [0.2, 0.25) is 0 Å². The number of imidazole rings is 1. The van der Waals surface area contributed by atoms with E-state index in [2.05, 4.69) is 24.9 Å². The van der Waals surface area contributed by atoms with Crippen molar-refractivity contribution in [2.24, 2.45) is 5.92 Å². The van der Waals surface area contributed by atoms with E-state index < -0.39 is 0 Å². The van der Waals surface area contributed by atoms with Crippen molar-refractivity contribution in [2.75, 3.05) is 13.1 Å². The second kappa shape index (κ2) is 7.43. The molecule has 0 radical (unpaired) electrons. The van der Waals surface area contributed by atoms with Gasteiger partial charge in [-0.3, -0.25) is 14.8 Å². The fourth-order valence-corrected chi connectivity index (χ4v) is 3.41. The van der Waals surface area contributed by atoms with Crippen molar-refractivity contribution in [1.82, 2.24) is 29.8 Å². The van der Waals surface area contributed by atoms with E-state index in [0.717, 1.165) is 49.6 Å². The van der Waals surface area contributed by atoms with Gasteiger partial charge in [-0.05, 0) is 37.3 Å². The summed E-state index contributed by atoms with van der Waals surface area (Å²) in [5.41, 5.74) is 2.37. The zero-order chi connectivity index (χ0) is 17.8. The first-order valence-corrected chi connectivity index (χ1v) is 8.79. The number of pyridine rings is 1. The number of likely N-dealkylation sites (tertiary alicyclic amines) is 1. The summed E-state index contributed by atoms with van der Waals surface area (Å²) in [6.07, 6.45) is 13.2. The average Bonchev–Trinajstić information content (AvgIpc) is 3.23. The van der Waals surface area contributed by atoms with Crippen LogP contribution in [-0.4, -0.2) is 48.8 Å². The van der Waals surface area contributed by atoms with E-state index in [4.69, 9.17) is 0 Å². The molecule has 4 heterocycles. The maximum absolute atomic E-state index is 12.7. The Kier molecular flexibility index (Phi) is 4.68. The molecule has 1 saturated heterocycles. The normalized spacial score (nSPS) is 17.2. The first-order valence-electron chi connectivity index (χ1n) is 8.79. The van der Waals surface area contributed by atoms with Crippen LogP contribution in [0.3, 0.4) is 0 Å². The minimum absolute atomic E-state index is 0.0764. The molecule has 1 aliphatic heterocycles. The van der Waals surface area contributed by atoms with Crippen LogP contribution in [0.2, 0.25) is 0 Å². The lowest BCUT2D eigenvalue weighted by Crippen LogP contribution is -2.40. The molecule has 1 unspecified atom stereocenters. The molecule has 4 rings (SSSR count). The number of rotatable bonds is 4. The summed E-state index contributed by atoms with van der Waals surface area (Å²) < 4.78 is 0. The molecule has 1 N–H and O–H groups in total. The largest absolute Gasteiger partial charge is 0.343 e. The standard InChI is InChI=1S/C19H20N6O/c26-19(15-3-5-20-6-4-15)25-9-1-2-14(13-25)10-16-11-21-12-17(24-16)18-22-7-8-23-18/h3-8,11-12,14H,1-2,9-10,13H2,(H,22,23). The van der Waals surface area contributed by atoms with Crippen molar-refractivity contribution >= 4 is 5.91 Å². The van der Waals surface area contributed by atoms with Gasteiger partial charge in [0.15, 0.2) is 5.82 Å². The first-order chi connectivity index (χ1) is 12.8. The predicted molar refractivity (Wildman–Crippen MR) is 96.2 cm³/mol. The quantitative estimate of drug-likeness (QED) is 0.782. The molecule has 0 saturated carbocycles. The molecule has 7 heteroatoms. The Balaban J connectivity index is 1.44. The number of aromatic nitrogens is 5. The second-order valence-electron chi connectivity index (χ2n) is 6.53. The summed E-state index contributed by atoms with van der Waals surface area (Å²) in [4.78, 5) is 34.8. The maximum Gasteiger partial charge on any atom is 0.253 e. The number of amides is 1. The minimum Gasteiger partial charge on any atom is -0.343 e. The van der Waals surface area contributed by atoms with Crippen molar-refractivity contribution in [3.05, 3.63) is 60.6 Å². The molecule has 1 aliphatic rings. The van der Waals surface area contributed by atoms with Crippen LogP contribution in [0.15, 0.2) is 49.3 Å². The van der Waals surface area contributed by atoms with Gasteiger partial charge in [0.25, 0.3) is 5.91 Å². The van der Waals surface area contributed by atoms with E-state index in [0.29, 0.717) is 11.5 Å². The number of H-pyrrole nitrogens is 1. The Morgan fingerprint density at radius 2 is 2.08 bits per heavy atom. The Morgan fingerprint density at radius 3 is 2.88 bits per heavy atom. The van der Waals surface area contributed by atoms with Crippen molar-refractivity contribution in [3.63, 3.8) is 0 Å². The molecular formula is C19H20N6O. The number of nitrogens with zero attached hydrogens (tertiary/aromatic N) is 5. The molecule has 3 aromatic rings. The van der Waals surface area contributed by atoms with Gasteiger partial charge in [-0.15, -0.1) is 0 Å². The lowest BCUT2D eigenvalue weighted by Gasteiger charge is -2.32. The Labute approximate surface area is 151 Å². The zero-order valence-corrected chi connectivity index (χ0v) is 14.4. The van der Waals surface area contributed by atoms with Crippen LogP contribution >= 0.6 is 0 Å². The smallest absolute Gasteiger partial charge is 0.253 e. The highest BCUT2D eigenvalue weighted by Crippen LogP contribution is 2.22. The van der Waals surface area contributed by atoms with E-state index in [-0.39, 0.29) is 5.91 Å². The van der Waals surface area contributed by atoms with E-state index in [9.17, 15) is 4.79 Å². The summed E-state index contributed by atoms with van der Waals surface area (Å²) in [6, 6.07) is 3.54. The lowest BCUT2D eigenvalue weighted by atomic mass is 9.93. The maximum atomic E-state index is 12.7. The van der Waals surface area contributed by atoms with E-state index in [1.165, 1.54) is 0 Å². The number of hydrogen-bond acceptors (Lipinski definition) is 5. The molecule has 1 atom stereocenters. The summed E-state index contributed by atoms with van der Waals surface area (Å²) in [5.74, 6) is 1.18. The molecule has 7 nitrogen and oxygen atoms in total. The summed E-state index contributed by atoms with van der Waals surface area (Å²) in [7, 11) is 0. The van der Waals surface area contributed by atoms with Gasteiger partial charge in [0.05, 0.1) is 11.9 Å². The molecule has 0 spiro atoms. The highest BCUT2D eigenvalue weighted by atomic mass is 16.2. The van der Waals surface area contributed by atoms with Gasteiger partial charge in [-0.1, -0.05) is 0 Å². The van der Waals surface area contributed by atoms with Crippen LogP contribution in [0.5, 0.6) is 0 Å². The number of nitrogens with one attached hydrogen (secondary N) is 1. The van der Waals surface area contributed by atoms with Crippen LogP contribution in [0.4, 0.5) is 0 Å². The van der Waals surface area contributed by atoms with Gasteiger partial charge >= 0.3 is 0 Å². The predicted octanol–water partition coefficient (Wildman–Crippen LogP) is 2.36. The third-order valence-corrected chi connectivity index (χ3v) is 4.66. The zero-order valence-electron chi connectivity index (χ0n) is 14.4. The number of carbonyl (C=O) groups excluding carboxylic acids is 1. The number of aromatic amines is 1. The molecular weight excluding hydrogens is 328 g/mol. The van der Waals surface area contributed by atoms with E-state index >= 15 is 0 Å². The number of hydrogen-bond donors (Lipinski definition) is 1. The Hall–Kier alpha value is -3.09. The first kappa shape index (κ1) is 16.4. The van der Waals surface area contributed by atoms with Crippen molar-refractivity contribution in [3.8, 4) is 11.5 Å². The molecule has 1 fully saturated rings. The molecule has 0 bridgehead atoms. The second-order valence-corrected chi connectivity index (χ2v) is 6.53. The van der Waals surface area contributed by atoms with Crippen LogP contribution < -0.4 is 0 Å². The average molecular weight is 348 g/mol. The number of carbonyl (C=O) groups is 1. The summed E-state index contributed by atoms with van der Waals surface area (Å²) in [6.45, 7) is 1.55. The molecule has 132 valence electrons. The fraction of sp³-hybridized carbons (Fsp3) is 0.316. The third kappa shape index (κ3) is 3.61. The van der Waals surface area contributed by atoms with Crippen LogP contribution in [-0.2, 0) is 6.42 Å². The molecule has 26 heavy (non-hydrogen) atoms. The van der Waals surface area contributed by atoms with Crippen molar-refractivity contribution in [1.29, 1.82) is 0 Å². The lowest BCUT2D eigenvalue weighted by molar-refractivity contribution is 0.0672. The van der Waals surface area contributed by atoms with Crippen molar-refractivity contribution < 1.29 is 4.79 Å². The highest BCUT2D eigenvalue weighted by molar-refractivity contribution is 5.94. The van der Waals surface area contributed by atoms with Crippen LogP contribution in [0, 0.1) is 5.92 Å². The number of piperidine rings is 1. The fourth-order valence-electron chi connectivity index (χ4n) is 3.41. The van der Waals surface area contributed by atoms with E-state index in [1.807, 2.05) is 4.90 Å². The van der Waals surface area contributed by atoms with Gasteiger partial charge < -0.3 is 9.88 Å². The Bertz CT molecular complexity index is 865. The Morgan fingerprint density at radius 1 is 1.19 bits per heavy atom. The molecule has 3 aromatic heterocycles. The minimum atomic E-state index is 0.0764. The van der Waals surface area contributed by atoms with Gasteiger partial charge in [0.1, 0.15) is 5.69 Å². The summed E-state index contributed by atoms with van der Waals surface area (Å²) in [5, 5.41) is 0. The molecule has 1 amide bonds. The van der Waals surface area contributed by atoms with Gasteiger partial charge in [0, 0.05) is 49.6 Å². The van der Waals surface area contributed by atoms with Gasteiger partial charge in [-0.2, -0.15) is 0 Å². The SMILES string of the molecule is O=C(c1ccncc1)N1CCCC(Cc2cncc(-c3ncc[nH]3)n2)C1. The van der Waals surface area contributed by atoms with Gasteiger partial charge in [-0.25, -0.2) is 9.97 Å². The third-order valence-electron chi connectivity index (χ3n) is 4.66. The highest BCUT2D eigenvalue weighted by Gasteiger charge is 2.25. The van der Waals surface area contributed by atoms with E-state index in [1.54, 1.807) is 49.3 Å². The summed E-state index contributed by atoms with van der Waals surface area (Å²) >= 11 is 0. The van der Waals surface area contributed by atoms with Crippen LogP contribution in [0.25, 0.3) is 11.5 Å². The van der Waals surface area contributed by atoms with Crippen LogP contribution in [0.1, 0.15) is 28.9 Å². The van der Waals surface area contributed by atoms with Crippen molar-refractivity contribution in [2.45, 2.75) is 19.3 Å². The molecule has 0 aliphatic carbocycles.